The van der Waals surface area contributed by atoms with E-state index in [-0.39, 0.29) is 10.8 Å². The highest BCUT2D eigenvalue weighted by molar-refractivity contribution is 6.12. The lowest BCUT2D eigenvalue weighted by atomic mass is 9.71. The van der Waals surface area contributed by atoms with Crippen molar-refractivity contribution in [1.82, 2.24) is 0 Å². The Kier molecular flexibility index (Phi) is 11.6. The maximum atomic E-state index is 14.3. The third-order valence-corrected chi connectivity index (χ3v) is 13.6. The SMILES string of the molecule is CC(C)(C)C(=C1C=C(C2CCCCC2)C(=O)C(C2CCCCC2)=C1)c1ccc(C(=C2C=C(C3CCCCC3)C(=O)C(C3CCCCC3)=C2)C(C)(C)C)o1. The molecule has 4 fully saturated rings. The smallest absolute Gasteiger partial charge is 0.185 e. The molecule has 3 heteroatoms. The predicted molar refractivity (Wildman–Crippen MR) is 220 cm³/mol. The molecule has 1 aromatic rings. The largest absolute Gasteiger partial charge is 0.457 e. The van der Waals surface area contributed by atoms with E-state index in [1.165, 1.54) is 99.3 Å². The number of rotatable bonds is 6. The van der Waals surface area contributed by atoms with Gasteiger partial charge in [0.05, 0.1) is 0 Å². The summed E-state index contributed by atoms with van der Waals surface area (Å²) in [5, 5.41) is 0. The zero-order chi connectivity index (χ0) is 37.3. The summed E-state index contributed by atoms with van der Waals surface area (Å²) in [6, 6.07) is 4.39. The molecule has 1 aromatic heterocycles. The minimum absolute atomic E-state index is 0.207. The van der Waals surface area contributed by atoms with Crippen molar-refractivity contribution in [1.29, 1.82) is 0 Å². The van der Waals surface area contributed by atoms with Crippen LogP contribution in [0.15, 0.2) is 74.3 Å². The molecular formula is C50H68O3. The molecule has 0 radical (unpaired) electrons. The lowest BCUT2D eigenvalue weighted by Gasteiger charge is -2.33. The maximum absolute atomic E-state index is 14.3. The number of hydrogen-bond donors (Lipinski definition) is 0. The molecule has 0 spiro atoms. The summed E-state index contributed by atoms with van der Waals surface area (Å²) in [5.41, 5.74) is 8.53. The van der Waals surface area contributed by atoms with Gasteiger partial charge in [0.15, 0.2) is 11.6 Å². The van der Waals surface area contributed by atoms with Gasteiger partial charge in [0.25, 0.3) is 0 Å². The molecule has 0 bridgehead atoms. The van der Waals surface area contributed by atoms with Crippen molar-refractivity contribution in [3.63, 3.8) is 0 Å². The molecule has 0 aromatic carbocycles. The van der Waals surface area contributed by atoms with Crippen LogP contribution in [0.1, 0.15) is 181 Å². The van der Waals surface area contributed by atoms with E-state index in [4.69, 9.17) is 4.42 Å². The minimum atomic E-state index is -0.207. The van der Waals surface area contributed by atoms with E-state index in [9.17, 15) is 9.59 Å². The van der Waals surface area contributed by atoms with E-state index in [0.29, 0.717) is 35.2 Å². The van der Waals surface area contributed by atoms with Crippen LogP contribution in [-0.2, 0) is 9.59 Å². The maximum Gasteiger partial charge on any atom is 0.185 e. The highest BCUT2D eigenvalue weighted by Gasteiger charge is 2.37. The number of furan rings is 1. The Bertz CT molecular complexity index is 1520. The van der Waals surface area contributed by atoms with E-state index >= 15 is 0 Å². The van der Waals surface area contributed by atoms with Crippen molar-refractivity contribution >= 4 is 22.7 Å². The van der Waals surface area contributed by atoms with Crippen LogP contribution in [0.4, 0.5) is 0 Å². The highest BCUT2D eigenvalue weighted by atomic mass is 16.3. The average molecular weight is 717 g/mol. The number of ketones is 2. The van der Waals surface area contributed by atoms with Gasteiger partial charge in [-0.1, -0.05) is 119 Å². The van der Waals surface area contributed by atoms with Gasteiger partial charge < -0.3 is 4.42 Å². The van der Waals surface area contributed by atoms with E-state index in [1.54, 1.807) is 0 Å². The van der Waals surface area contributed by atoms with Gasteiger partial charge >= 0.3 is 0 Å². The van der Waals surface area contributed by atoms with E-state index < -0.39 is 0 Å². The molecule has 0 saturated heterocycles. The Hall–Kier alpha value is -2.94. The summed E-state index contributed by atoms with van der Waals surface area (Å²) in [6.07, 6.45) is 32.9. The topological polar surface area (TPSA) is 47.3 Å². The minimum Gasteiger partial charge on any atom is -0.457 e. The molecule has 0 N–H and O–H groups in total. The van der Waals surface area contributed by atoms with Crippen LogP contribution in [0.3, 0.4) is 0 Å². The first-order chi connectivity index (χ1) is 25.4. The van der Waals surface area contributed by atoms with Crippen molar-refractivity contribution in [2.45, 2.75) is 170 Å². The van der Waals surface area contributed by atoms with Crippen molar-refractivity contribution in [2.75, 3.05) is 0 Å². The van der Waals surface area contributed by atoms with Crippen LogP contribution in [0.5, 0.6) is 0 Å². The van der Waals surface area contributed by atoms with Crippen LogP contribution in [-0.4, -0.2) is 11.6 Å². The fourth-order valence-electron chi connectivity index (χ4n) is 11.0. The van der Waals surface area contributed by atoms with Gasteiger partial charge in [0, 0.05) is 33.4 Å². The fraction of sp³-hybridized carbons (Fsp3) is 0.640. The molecular weight excluding hydrogens is 649 g/mol. The molecule has 286 valence electrons. The summed E-state index contributed by atoms with van der Waals surface area (Å²) in [5.74, 6) is 3.88. The molecule has 6 aliphatic carbocycles. The zero-order valence-electron chi connectivity index (χ0n) is 34.1. The third kappa shape index (κ3) is 8.35. The first kappa shape index (κ1) is 38.3. The molecule has 0 unspecified atom stereocenters. The van der Waals surface area contributed by atoms with Crippen molar-refractivity contribution < 1.29 is 14.0 Å². The third-order valence-electron chi connectivity index (χ3n) is 13.6. The van der Waals surface area contributed by atoms with Crippen molar-refractivity contribution in [3.8, 4) is 0 Å². The summed E-state index contributed by atoms with van der Waals surface area (Å²) in [6.45, 7) is 13.8. The number of hydrogen-bond acceptors (Lipinski definition) is 3. The second-order valence-electron chi connectivity index (χ2n) is 19.7. The van der Waals surface area contributed by atoms with Crippen LogP contribution in [0.25, 0.3) is 11.1 Å². The second-order valence-corrected chi connectivity index (χ2v) is 19.7. The van der Waals surface area contributed by atoms with E-state index in [1.807, 2.05) is 0 Å². The van der Waals surface area contributed by atoms with Gasteiger partial charge in [-0.05, 0) is 133 Å². The Balaban J connectivity index is 1.37. The molecule has 0 atom stereocenters. The number of carbonyl (C=O) groups excluding carboxylic acids is 2. The molecule has 0 amide bonds. The molecule has 7 rings (SSSR count). The molecule has 6 aliphatic rings. The molecule has 53 heavy (non-hydrogen) atoms. The predicted octanol–water partition coefficient (Wildman–Crippen LogP) is 14.1. The van der Waals surface area contributed by atoms with Gasteiger partial charge in [-0.2, -0.15) is 0 Å². The van der Waals surface area contributed by atoms with Gasteiger partial charge in [0.2, 0.25) is 0 Å². The van der Waals surface area contributed by atoms with Crippen LogP contribution < -0.4 is 0 Å². The number of Topliss-reactive ketones (excluding diaryl/α,β-unsaturated/α-hetero) is 2. The standard InChI is InChI=1S/C50H68O3/c1-49(2,3)45(37-29-39(33-19-11-7-12-20-33)47(51)40(30-37)34-21-13-8-14-22-34)43-27-28-44(53-43)46(50(4,5)6)38-31-41(35-23-15-9-16-24-35)48(52)42(32-38)36-25-17-10-18-26-36/h27-36H,7-26H2,1-6H3. The van der Waals surface area contributed by atoms with Crippen molar-refractivity contribution in [2.24, 2.45) is 34.5 Å². The van der Waals surface area contributed by atoms with Gasteiger partial charge in [-0.15, -0.1) is 0 Å². The lowest BCUT2D eigenvalue weighted by molar-refractivity contribution is -0.114. The first-order valence-corrected chi connectivity index (χ1v) is 22.0. The fourth-order valence-corrected chi connectivity index (χ4v) is 11.0. The highest BCUT2D eigenvalue weighted by Crippen LogP contribution is 2.48. The van der Waals surface area contributed by atoms with Gasteiger partial charge in [0.1, 0.15) is 11.5 Å². The number of allylic oxidation sites excluding steroid dienone is 12. The summed E-state index contributed by atoms with van der Waals surface area (Å²) in [7, 11) is 0. The molecule has 4 saturated carbocycles. The summed E-state index contributed by atoms with van der Waals surface area (Å²) >= 11 is 0. The lowest BCUT2D eigenvalue weighted by Crippen LogP contribution is -2.26. The molecule has 3 nitrogen and oxygen atoms in total. The number of carbonyl (C=O) groups is 2. The Labute approximate surface area is 321 Å². The van der Waals surface area contributed by atoms with E-state index in [2.05, 4.69) is 78.0 Å². The monoisotopic (exact) mass is 717 g/mol. The second kappa shape index (κ2) is 16.0. The summed E-state index contributed by atoms with van der Waals surface area (Å²) < 4.78 is 7.14. The Morgan fingerprint density at radius 3 is 0.906 bits per heavy atom. The van der Waals surface area contributed by atoms with Gasteiger partial charge in [-0.25, -0.2) is 0 Å². The quantitative estimate of drug-likeness (QED) is 0.294. The summed E-state index contributed by atoms with van der Waals surface area (Å²) in [4.78, 5) is 28.7. The average Bonchev–Trinajstić information content (AvgIpc) is 3.61. The Morgan fingerprint density at radius 2 is 0.679 bits per heavy atom. The Morgan fingerprint density at radius 1 is 0.434 bits per heavy atom. The normalized spacial score (nSPS) is 23.8. The van der Waals surface area contributed by atoms with Crippen LogP contribution in [0.2, 0.25) is 0 Å². The molecule has 1 heterocycles. The zero-order valence-corrected chi connectivity index (χ0v) is 34.1. The van der Waals surface area contributed by atoms with Crippen LogP contribution in [0, 0.1) is 34.5 Å². The van der Waals surface area contributed by atoms with E-state index in [0.717, 1.165) is 85.2 Å². The van der Waals surface area contributed by atoms with Crippen molar-refractivity contribution in [3.05, 3.63) is 81.4 Å². The van der Waals surface area contributed by atoms with Crippen LogP contribution >= 0.6 is 0 Å². The van der Waals surface area contributed by atoms with Gasteiger partial charge in [-0.3, -0.25) is 9.59 Å². The first-order valence-electron chi connectivity index (χ1n) is 22.0. The molecule has 0 aliphatic heterocycles.